The molecule has 0 aliphatic carbocycles. The lowest BCUT2D eigenvalue weighted by molar-refractivity contribution is 0.0947. The molecule has 0 spiro atoms. The number of amides is 1. The second kappa shape index (κ2) is 11.9. The average Bonchev–Trinajstić information content (AvgIpc) is 3.20. The van der Waals surface area contributed by atoms with Gasteiger partial charge in [-0.05, 0) is 55.7 Å². The molecule has 3 heterocycles. The van der Waals surface area contributed by atoms with Gasteiger partial charge in [-0.25, -0.2) is 13.4 Å². The van der Waals surface area contributed by atoms with Gasteiger partial charge >= 0.3 is 0 Å². The second-order valence-electron chi connectivity index (χ2n) is 9.97. The smallest absolute Gasteiger partial charge is 0.251 e. The standard InChI is InChI=1S/C27H34ClN5O3S2/c1-20-6-11-23(28)25-24(20)30-27(37-25)32-18-16-31(17-19-32)15-12-29-26(34)21-7-9-22(10-8-21)38(35,36)33-13-4-2-3-5-14-33/h6-11H,2-5,12-19H2,1H3,(H,29,34). The van der Waals surface area contributed by atoms with Crippen molar-refractivity contribution in [3.05, 3.63) is 52.5 Å². The zero-order valence-corrected chi connectivity index (χ0v) is 24.0. The molecule has 0 bridgehead atoms. The summed E-state index contributed by atoms with van der Waals surface area (Å²) in [5.41, 5.74) is 2.58. The van der Waals surface area contributed by atoms with Crippen molar-refractivity contribution in [2.24, 2.45) is 0 Å². The first-order valence-electron chi connectivity index (χ1n) is 13.2. The fourth-order valence-electron chi connectivity index (χ4n) is 5.03. The van der Waals surface area contributed by atoms with Crippen LogP contribution in [0.1, 0.15) is 41.6 Å². The van der Waals surface area contributed by atoms with E-state index in [1.165, 1.54) is 0 Å². The number of piperazine rings is 1. The van der Waals surface area contributed by atoms with Crippen LogP contribution in [0.2, 0.25) is 5.02 Å². The number of rotatable bonds is 7. The SMILES string of the molecule is Cc1ccc(Cl)c2sc(N3CCN(CCNC(=O)c4ccc(S(=O)(=O)N5CCCCCC5)cc4)CC3)nc12. The van der Waals surface area contributed by atoms with Crippen molar-refractivity contribution < 1.29 is 13.2 Å². The number of fused-ring (bicyclic) bond motifs is 1. The third-order valence-corrected chi connectivity index (χ3v) is 10.9. The number of nitrogens with zero attached hydrogens (tertiary/aromatic N) is 4. The Morgan fingerprint density at radius 3 is 2.32 bits per heavy atom. The molecule has 0 saturated carbocycles. The fourth-order valence-corrected chi connectivity index (χ4v) is 7.91. The molecule has 38 heavy (non-hydrogen) atoms. The molecule has 1 aromatic heterocycles. The molecule has 204 valence electrons. The number of nitrogens with one attached hydrogen (secondary N) is 1. The number of benzene rings is 2. The van der Waals surface area contributed by atoms with Crippen molar-refractivity contribution in [3.8, 4) is 0 Å². The van der Waals surface area contributed by atoms with E-state index in [1.54, 1.807) is 39.9 Å². The molecular formula is C27H34ClN5O3S2. The minimum atomic E-state index is -3.52. The summed E-state index contributed by atoms with van der Waals surface area (Å²) in [6.45, 7) is 7.99. The Labute approximate surface area is 233 Å². The Kier molecular flexibility index (Phi) is 8.54. The van der Waals surface area contributed by atoms with E-state index in [0.29, 0.717) is 25.2 Å². The fraction of sp³-hybridized carbons (Fsp3) is 0.481. The average molecular weight is 576 g/mol. The number of anilines is 1. The predicted octanol–water partition coefficient (Wildman–Crippen LogP) is 4.37. The zero-order chi connectivity index (χ0) is 26.7. The van der Waals surface area contributed by atoms with Crippen molar-refractivity contribution in [3.63, 3.8) is 0 Å². The van der Waals surface area contributed by atoms with E-state index in [1.807, 2.05) is 12.1 Å². The Bertz CT molecular complexity index is 1340. The summed E-state index contributed by atoms with van der Waals surface area (Å²) in [4.78, 5) is 22.4. The van der Waals surface area contributed by atoms with E-state index in [9.17, 15) is 13.2 Å². The van der Waals surface area contributed by atoms with Gasteiger partial charge in [-0.15, -0.1) is 0 Å². The summed E-state index contributed by atoms with van der Waals surface area (Å²) >= 11 is 8.02. The quantitative estimate of drug-likeness (QED) is 0.450. The molecule has 5 rings (SSSR count). The van der Waals surface area contributed by atoms with Crippen molar-refractivity contribution >= 4 is 54.2 Å². The van der Waals surface area contributed by atoms with E-state index >= 15 is 0 Å². The van der Waals surface area contributed by atoms with Crippen LogP contribution in [0.4, 0.5) is 5.13 Å². The van der Waals surface area contributed by atoms with Gasteiger partial charge in [0.1, 0.15) is 0 Å². The van der Waals surface area contributed by atoms with Crippen LogP contribution in [0.5, 0.6) is 0 Å². The van der Waals surface area contributed by atoms with E-state index in [-0.39, 0.29) is 10.8 Å². The Morgan fingerprint density at radius 1 is 0.974 bits per heavy atom. The molecule has 11 heteroatoms. The highest BCUT2D eigenvalue weighted by Crippen LogP contribution is 2.35. The number of hydrogen-bond donors (Lipinski definition) is 1. The molecule has 2 aromatic carbocycles. The molecule has 2 saturated heterocycles. The normalized spacial score (nSPS) is 18.0. The monoisotopic (exact) mass is 575 g/mol. The molecule has 0 unspecified atom stereocenters. The Balaban J connectivity index is 1.09. The van der Waals surface area contributed by atoms with Gasteiger partial charge in [-0.3, -0.25) is 9.69 Å². The Morgan fingerprint density at radius 2 is 1.66 bits per heavy atom. The second-order valence-corrected chi connectivity index (χ2v) is 13.3. The maximum atomic E-state index is 13.0. The highest BCUT2D eigenvalue weighted by atomic mass is 35.5. The first kappa shape index (κ1) is 27.3. The number of carbonyl (C=O) groups excluding carboxylic acids is 1. The lowest BCUT2D eigenvalue weighted by Crippen LogP contribution is -2.48. The lowest BCUT2D eigenvalue weighted by Gasteiger charge is -2.34. The van der Waals surface area contributed by atoms with Gasteiger partial charge in [0.2, 0.25) is 10.0 Å². The topological polar surface area (TPSA) is 85.8 Å². The Hall–Kier alpha value is -2.24. The molecular weight excluding hydrogens is 542 g/mol. The number of thiazole rings is 1. The molecule has 1 amide bonds. The van der Waals surface area contributed by atoms with Gasteiger partial charge in [0.05, 0.1) is 20.1 Å². The first-order chi connectivity index (χ1) is 18.3. The highest BCUT2D eigenvalue weighted by molar-refractivity contribution is 7.89. The number of carbonyl (C=O) groups is 1. The summed E-state index contributed by atoms with van der Waals surface area (Å²) < 4.78 is 28.5. The van der Waals surface area contributed by atoms with Crippen LogP contribution in [-0.4, -0.2) is 80.9 Å². The van der Waals surface area contributed by atoms with Gasteiger partial charge in [0, 0.05) is 57.9 Å². The number of aryl methyl sites for hydroxylation is 1. The van der Waals surface area contributed by atoms with Crippen LogP contribution in [0.3, 0.4) is 0 Å². The molecule has 0 radical (unpaired) electrons. The minimum Gasteiger partial charge on any atom is -0.351 e. The van der Waals surface area contributed by atoms with Crippen LogP contribution in [-0.2, 0) is 10.0 Å². The maximum absolute atomic E-state index is 13.0. The van der Waals surface area contributed by atoms with E-state index in [2.05, 4.69) is 22.0 Å². The largest absolute Gasteiger partial charge is 0.351 e. The van der Waals surface area contributed by atoms with Crippen LogP contribution in [0.25, 0.3) is 10.2 Å². The number of aromatic nitrogens is 1. The van der Waals surface area contributed by atoms with Gasteiger partial charge in [0.15, 0.2) is 5.13 Å². The van der Waals surface area contributed by atoms with Crippen molar-refractivity contribution in [1.29, 1.82) is 0 Å². The molecule has 0 atom stereocenters. The van der Waals surface area contributed by atoms with Crippen LogP contribution in [0, 0.1) is 6.92 Å². The summed E-state index contributed by atoms with van der Waals surface area (Å²) in [6.07, 6.45) is 3.93. The maximum Gasteiger partial charge on any atom is 0.251 e. The predicted molar refractivity (Wildman–Crippen MR) is 154 cm³/mol. The lowest BCUT2D eigenvalue weighted by atomic mass is 10.2. The van der Waals surface area contributed by atoms with Crippen LogP contribution in [0.15, 0.2) is 41.3 Å². The van der Waals surface area contributed by atoms with E-state index in [4.69, 9.17) is 16.6 Å². The van der Waals surface area contributed by atoms with Gasteiger partial charge < -0.3 is 10.2 Å². The van der Waals surface area contributed by atoms with Crippen molar-refractivity contribution in [1.82, 2.24) is 19.5 Å². The summed E-state index contributed by atoms with van der Waals surface area (Å²) in [7, 11) is -3.52. The third-order valence-electron chi connectivity index (χ3n) is 7.36. The molecule has 2 aliphatic heterocycles. The molecule has 2 aliphatic rings. The van der Waals surface area contributed by atoms with Gasteiger partial charge in [0.25, 0.3) is 5.91 Å². The highest BCUT2D eigenvalue weighted by Gasteiger charge is 2.25. The molecule has 3 aromatic rings. The number of hydrogen-bond acceptors (Lipinski definition) is 7. The van der Waals surface area contributed by atoms with Crippen molar-refractivity contribution in [2.75, 3.05) is 57.3 Å². The summed E-state index contributed by atoms with van der Waals surface area (Å²) in [6, 6.07) is 10.2. The van der Waals surface area contributed by atoms with E-state index < -0.39 is 10.0 Å². The number of sulfonamides is 1. The van der Waals surface area contributed by atoms with E-state index in [0.717, 1.165) is 84.3 Å². The van der Waals surface area contributed by atoms with Crippen molar-refractivity contribution in [2.45, 2.75) is 37.5 Å². The first-order valence-corrected chi connectivity index (χ1v) is 15.9. The molecule has 1 N–H and O–H groups in total. The zero-order valence-electron chi connectivity index (χ0n) is 21.7. The van der Waals surface area contributed by atoms with Gasteiger partial charge in [-0.1, -0.05) is 41.8 Å². The minimum absolute atomic E-state index is 0.191. The molecule has 2 fully saturated rings. The molecule has 8 nitrogen and oxygen atoms in total. The number of halogens is 1. The van der Waals surface area contributed by atoms with Crippen LogP contribution >= 0.6 is 22.9 Å². The van der Waals surface area contributed by atoms with Crippen LogP contribution < -0.4 is 10.2 Å². The summed E-state index contributed by atoms with van der Waals surface area (Å²) in [5.74, 6) is -0.191. The summed E-state index contributed by atoms with van der Waals surface area (Å²) in [5, 5.41) is 4.72. The third kappa shape index (κ3) is 5.99. The van der Waals surface area contributed by atoms with Gasteiger partial charge in [-0.2, -0.15) is 4.31 Å².